The maximum atomic E-state index is 13.3. The highest BCUT2D eigenvalue weighted by atomic mass is 16.5. The van der Waals surface area contributed by atoms with Gasteiger partial charge in [-0.1, -0.05) is 84.8 Å². The number of benzene rings is 1. The molecule has 1 heterocycles. The van der Waals surface area contributed by atoms with Gasteiger partial charge in [0.2, 0.25) is 0 Å². The molecule has 0 spiro atoms. The number of nitrogens with zero attached hydrogens (tertiary/aromatic N) is 1. The van der Waals surface area contributed by atoms with Crippen molar-refractivity contribution in [1.82, 2.24) is 26.2 Å². The predicted octanol–water partition coefficient (Wildman–Crippen LogP) is 3.11. The second-order valence-corrected chi connectivity index (χ2v) is 17.8. The van der Waals surface area contributed by atoms with E-state index in [-0.39, 0.29) is 55.7 Å². The first kappa shape index (κ1) is 51.4. The van der Waals surface area contributed by atoms with Gasteiger partial charge in [-0.2, -0.15) is 0 Å². The second-order valence-electron chi connectivity index (χ2n) is 17.8. The van der Waals surface area contributed by atoms with Gasteiger partial charge in [0.15, 0.2) is 0 Å². The quantitative estimate of drug-likeness (QED) is 0.0929. The average molecular weight is 842 g/mol. The number of hydrogen-bond acceptors (Lipinski definition) is 14. The normalized spacial score (nSPS) is 32.5. The first-order valence-corrected chi connectivity index (χ1v) is 22.7. The lowest BCUT2D eigenvalue weighted by Gasteiger charge is -2.44. The fourth-order valence-corrected chi connectivity index (χ4v) is 9.23. The van der Waals surface area contributed by atoms with E-state index in [0.717, 1.165) is 101 Å². The zero-order valence-corrected chi connectivity index (χ0v) is 37.3. The first-order valence-electron chi connectivity index (χ1n) is 22.7. The summed E-state index contributed by atoms with van der Waals surface area (Å²) in [6.45, 7) is 10.9. The van der Waals surface area contributed by atoms with Gasteiger partial charge in [0.25, 0.3) is 0 Å². The molecule has 1 aromatic rings. The number of ether oxygens (including phenoxy) is 2. The van der Waals surface area contributed by atoms with Crippen molar-refractivity contribution in [3.8, 4) is 5.75 Å². The molecule has 1 aliphatic carbocycles. The fraction of sp³-hybridized carbons (Fsp3) is 0.761. The van der Waals surface area contributed by atoms with Gasteiger partial charge in [0, 0.05) is 43.2 Å². The zero-order chi connectivity index (χ0) is 44.0. The van der Waals surface area contributed by atoms with Crippen molar-refractivity contribution in [1.29, 1.82) is 0 Å². The van der Waals surface area contributed by atoms with E-state index >= 15 is 0 Å². The molecule has 1 aromatic carbocycles. The van der Waals surface area contributed by atoms with E-state index in [1.807, 2.05) is 44.0 Å². The Morgan fingerprint density at radius 2 is 1.50 bits per heavy atom. The minimum atomic E-state index is -0.935. The molecule has 5 unspecified atom stereocenters. The van der Waals surface area contributed by atoms with Crippen molar-refractivity contribution in [2.45, 2.75) is 178 Å². The smallest absolute Gasteiger partial charge is 0.138 e. The third kappa shape index (κ3) is 15.7. The summed E-state index contributed by atoms with van der Waals surface area (Å²) >= 11 is 0. The second kappa shape index (κ2) is 27.9. The molecule has 2 aliphatic rings. The molecular formula is C46H79N7O7. The van der Waals surface area contributed by atoms with Gasteiger partial charge in [-0.25, -0.2) is 0 Å². The van der Waals surface area contributed by atoms with Gasteiger partial charge >= 0.3 is 0 Å². The Bertz CT molecular complexity index is 1400. The van der Waals surface area contributed by atoms with Crippen molar-refractivity contribution in [2.24, 2.45) is 29.2 Å². The summed E-state index contributed by atoms with van der Waals surface area (Å²) < 4.78 is 13.0. The van der Waals surface area contributed by atoms with E-state index in [9.17, 15) is 24.0 Å². The summed E-state index contributed by atoms with van der Waals surface area (Å²) in [7, 11) is 1.92. The van der Waals surface area contributed by atoms with Gasteiger partial charge in [-0.3, -0.25) is 10.2 Å². The third-order valence-electron chi connectivity index (χ3n) is 12.8. The van der Waals surface area contributed by atoms with Crippen LogP contribution in [-0.4, -0.2) is 130 Å². The number of hydrogen-bond donors (Lipinski definition) is 6. The maximum absolute atomic E-state index is 13.3. The van der Waals surface area contributed by atoms with Gasteiger partial charge < -0.3 is 60.9 Å². The number of aldehydes is 5. The number of carbonyl (C=O) groups is 5. The molecule has 14 nitrogen and oxygen atoms in total. The van der Waals surface area contributed by atoms with Crippen LogP contribution >= 0.6 is 0 Å². The van der Waals surface area contributed by atoms with Crippen LogP contribution in [0.1, 0.15) is 111 Å². The minimum Gasteiger partial charge on any atom is -0.492 e. The monoisotopic (exact) mass is 842 g/mol. The molecule has 8 N–H and O–H groups in total. The van der Waals surface area contributed by atoms with E-state index in [4.69, 9.17) is 20.9 Å². The van der Waals surface area contributed by atoms with Crippen LogP contribution in [0.4, 0.5) is 0 Å². The van der Waals surface area contributed by atoms with E-state index in [2.05, 4.69) is 42.0 Å². The molecule has 0 radical (unpaired) electrons. The van der Waals surface area contributed by atoms with Crippen molar-refractivity contribution < 1.29 is 33.4 Å². The summed E-state index contributed by atoms with van der Waals surface area (Å²) in [4.78, 5) is 67.9. The third-order valence-corrected chi connectivity index (χ3v) is 12.8. The van der Waals surface area contributed by atoms with Gasteiger partial charge in [0.1, 0.15) is 43.8 Å². The van der Waals surface area contributed by atoms with Crippen molar-refractivity contribution in [3.63, 3.8) is 0 Å². The Hall–Kier alpha value is -2.95. The molecule has 0 bridgehead atoms. The number of unbranched alkanes of at least 4 members (excludes halogenated alkanes) is 3. The molecule has 0 amide bonds. The molecule has 1 saturated carbocycles. The van der Waals surface area contributed by atoms with Crippen LogP contribution in [0.25, 0.3) is 0 Å². The number of nitrogens with one attached hydrogen (secondary N) is 4. The van der Waals surface area contributed by atoms with Crippen LogP contribution in [0.2, 0.25) is 0 Å². The van der Waals surface area contributed by atoms with Crippen LogP contribution in [0, 0.1) is 17.8 Å². The van der Waals surface area contributed by atoms with Crippen LogP contribution in [0.3, 0.4) is 0 Å². The summed E-state index contributed by atoms with van der Waals surface area (Å²) in [6, 6.07) is 0.855. The Kier molecular flexibility index (Phi) is 23.9. The van der Waals surface area contributed by atoms with Crippen molar-refractivity contribution >= 4 is 31.4 Å². The Morgan fingerprint density at radius 3 is 2.10 bits per heavy atom. The van der Waals surface area contributed by atoms with Crippen LogP contribution in [0.15, 0.2) is 24.3 Å². The Labute approximate surface area is 360 Å². The number of rotatable bonds is 18. The summed E-state index contributed by atoms with van der Waals surface area (Å²) in [5, 5.41) is 13.9. The van der Waals surface area contributed by atoms with Gasteiger partial charge in [0.05, 0.1) is 49.0 Å². The topological polar surface area (TPSA) is 207 Å². The zero-order valence-electron chi connectivity index (χ0n) is 37.3. The standard InChI is InChI=1S/C46H79N7O7/c1-7-8-9-13-19-45-33(5)44(28-58)53(6)43(20-31(2)3)40(26-56)52-46(35-16-11-10-12-17-35)41(27-57)50-37(23-48)38(24-54)51-42(39(25-55)49-32(4)29-60-45)30-59-36-18-14-15-34(21-36)22-47/h14-15,18,21,24-28,31-33,35,37-46,49-52H,7-13,16-17,19-20,22-23,29-30,47-48H2,1-6H3/t32-,33-,37+,38?,39?,40?,41?,42-,43+,44?,45-,46+/m1/s1. The van der Waals surface area contributed by atoms with Crippen molar-refractivity contribution in [2.75, 3.05) is 26.8 Å². The predicted molar refractivity (Wildman–Crippen MR) is 237 cm³/mol. The fourth-order valence-electron chi connectivity index (χ4n) is 9.23. The van der Waals surface area contributed by atoms with E-state index in [1.54, 1.807) is 6.07 Å². The molecule has 2 fully saturated rings. The molecule has 14 heteroatoms. The van der Waals surface area contributed by atoms with E-state index in [1.165, 1.54) is 0 Å². The summed E-state index contributed by atoms with van der Waals surface area (Å²) in [5.74, 6) is 0.572. The van der Waals surface area contributed by atoms with Crippen LogP contribution in [-0.2, 0) is 35.3 Å². The highest BCUT2D eigenvalue weighted by Crippen LogP contribution is 2.30. The van der Waals surface area contributed by atoms with E-state index in [0.29, 0.717) is 18.7 Å². The molecule has 1 aliphatic heterocycles. The minimum absolute atomic E-state index is 0.00565. The molecule has 340 valence electrons. The molecular weight excluding hydrogens is 763 g/mol. The molecule has 12 atom stereocenters. The highest BCUT2D eigenvalue weighted by molar-refractivity contribution is 5.64. The molecule has 0 aromatic heterocycles. The van der Waals surface area contributed by atoms with Gasteiger partial charge in [-0.15, -0.1) is 0 Å². The van der Waals surface area contributed by atoms with Crippen molar-refractivity contribution in [3.05, 3.63) is 29.8 Å². The first-order chi connectivity index (χ1) is 29.0. The number of likely N-dealkylation sites (N-methyl/N-ethyl adjacent to an activating group) is 1. The lowest BCUT2D eigenvalue weighted by atomic mass is 9.80. The highest BCUT2D eigenvalue weighted by Gasteiger charge is 2.41. The number of nitrogens with two attached hydrogens (primary N) is 2. The molecule has 60 heavy (non-hydrogen) atoms. The van der Waals surface area contributed by atoms with Crippen LogP contribution in [0.5, 0.6) is 5.75 Å². The van der Waals surface area contributed by atoms with E-state index < -0.39 is 48.3 Å². The summed E-state index contributed by atoms with van der Waals surface area (Å²) in [5.41, 5.74) is 13.2. The Balaban J connectivity index is 2.16. The van der Waals surface area contributed by atoms with Crippen LogP contribution < -0.4 is 37.5 Å². The largest absolute Gasteiger partial charge is 0.492 e. The number of carbonyl (C=O) groups excluding carboxylic acids is 5. The SMILES string of the molecule is CCCCCC[C@H]1OC[C@@H](C)NC(C=O)[C@@H](COc2cccc(CN)c2)NC(C=O)[C@H](CN)NC(C=O)[C@H](C2CCCCC2)NC(C=O)[C@H](CC(C)C)N(C)C(C=O)[C@H]1C. The Morgan fingerprint density at radius 1 is 0.833 bits per heavy atom. The lowest BCUT2D eigenvalue weighted by Crippen LogP contribution is -2.67. The summed E-state index contributed by atoms with van der Waals surface area (Å²) in [6.07, 6.45) is 14.3. The molecule has 3 rings (SSSR count). The van der Waals surface area contributed by atoms with Gasteiger partial charge in [-0.05, 0) is 69.2 Å². The average Bonchev–Trinajstić information content (AvgIpc) is 3.26. The molecule has 1 saturated heterocycles. The lowest BCUT2D eigenvalue weighted by molar-refractivity contribution is -0.121. The maximum Gasteiger partial charge on any atom is 0.138 e.